The van der Waals surface area contributed by atoms with Crippen LogP contribution in [0.2, 0.25) is 0 Å². The van der Waals surface area contributed by atoms with Crippen LogP contribution >= 0.6 is 0 Å². The van der Waals surface area contributed by atoms with Crippen LogP contribution in [0.3, 0.4) is 0 Å². The van der Waals surface area contributed by atoms with Crippen LogP contribution in [0.4, 0.5) is 0 Å². The summed E-state index contributed by atoms with van der Waals surface area (Å²) in [5.74, 6) is 0.0995. The maximum atomic E-state index is 6.89. The summed E-state index contributed by atoms with van der Waals surface area (Å²) in [5, 5.41) is 6.68. The third kappa shape index (κ3) is 5.43. The van der Waals surface area contributed by atoms with E-state index in [-0.39, 0.29) is 11.9 Å². The molecule has 1 radical (unpaired) electrons. The first-order valence-electron chi connectivity index (χ1n) is 2.17. The van der Waals surface area contributed by atoms with Gasteiger partial charge in [0.2, 0.25) is 0 Å². The number of nitrogens with two attached hydrogens (primary N) is 1. The summed E-state index contributed by atoms with van der Waals surface area (Å²) in [6, 6.07) is -0.225. The van der Waals surface area contributed by atoms with E-state index in [1.165, 1.54) is 0 Å². The van der Waals surface area contributed by atoms with Crippen molar-refractivity contribution in [2.75, 3.05) is 0 Å². The predicted molar refractivity (Wildman–Crippen MR) is 29.1 cm³/mol. The molecule has 41 valence electrons. The molecule has 0 saturated heterocycles. The largest absolute Gasteiger partial charge is 0.388 e. The van der Waals surface area contributed by atoms with Gasteiger partial charge in [-0.05, 0) is 6.92 Å². The fourth-order valence-corrected chi connectivity index (χ4v) is 0.330. The van der Waals surface area contributed by atoms with E-state index >= 15 is 0 Å². The van der Waals surface area contributed by atoms with Crippen LogP contribution in [0.25, 0.3) is 0 Å². The van der Waals surface area contributed by atoms with Gasteiger partial charge in [0, 0.05) is 12.5 Å². The van der Waals surface area contributed by atoms with Crippen LogP contribution in [0.1, 0.15) is 13.3 Å². The third-order valence-electron chi connectivity index (χ3n) is 0.526. The lowest BCUT2D eigenvalue weighted by Crippen LogP contribution is -2.17. The zero-order chi connectivity index (χ0) is 5.86. The number of amidine groups is 1. The molecule has 0 amide bonds. The van der Waals surface area contributed by atoms with Crippen LogP contribution in [-0.2, 0) is 0 Å². The van der Waals surface area contributed by atoms with Crippen molar-refractivity contribution in [3.63, 3.8) is 0 Å². The molecule has 0 aliphatic rings. The molecule has 0 spiro atoms. The Morgan fingerprint density at radius 1 is 1.86 bits per heavy atom. The number of rotatable bonds is 2. The summed E-state index contributed by atoms with van der Waals surface area (Å²) < 4.78 is 0. The van der Waals surface area contributed by atoms with E-state index in [1.807, 2.05) is 0 Å². The monoisotopic (exact) mass is 100 g/mol. The second-order valence-electron chi connectivity index (χ2n) is 1.63. The molecular formula is C4H10N3. The molecule has 3 nitrogen and oxygen atoms in total. The summed E-state index contributed by atoms with van der Waals surface area (Å²) in [6.07, 6.45) is 0.389. The van der Waals surface area contributed by atoms with Crippen LogP contribution in [0.15, 0.2) is 0 Å². The Morgan fingerprint density at radius 2 is 2.29 bits per heavy atom. The van der Waals surface area contributed by atoms with Gasteiger partial charge in [-0.3, -0.25) is 11.1 Å². The molecule has 0 rings (SSSR count). The molecule has 0 aliphatic carbocycles. The van der Waals surface area contributed by atoms with Crippen LogP contribution in [-0.4, -0.2) is 11.9 Å². The van der Waals surface area contributed by atoms with Gasteiger partial charge in [-0.25, -0.2) is 0 Å². The first kappa shape index (κ1) is 6.43. The van der Waals surface area contributed by atoms with E-state index < -0.39 is 0 Å². The van der Waals surface area contributed by atoms with E-state index in [9.17, 15) is 0 Å². The Labute approximate surface area is 43.2 Å². The number of hydrogen-bond donors (Lipinski definition) is 2. The van der Waals surface area contributed by atoms with Crippen LogP contribution < -0.4 is 11.5 Å². The number of hydrogen-bond acceptors (Lipinski definition) is 1. The number of nitrogens with one attached hydrogen (secondary N) is 2. The van der Waals surface area contributed by atoms with Crippen LogP contribution in [0, 0.1) is 5.41 Å². The van der Waals surface area contributed by atoms with E-state index in [0.717, 1.165) is 0 Å². The fourth-order valence-electron chi connectivity index (χ4n) is 0.330. The van der Waals surface area contributed by atoms with Crippen molar-refractivity contribution >= 4 is 5.84 Å². The molecule has 0 bridgehead atoms. The van der Waals surface area contributed by atoms with Crippen LogP contribution in [0.5, 0.6) is 0 Å². The Balaban J connectivity index is 3.13. The highest BCUT2D eigenvalue weighted by Gasteiger charge is 1.93. The second kappa shape index (κ2) is 2.58. The first-order valence-corrected chi connectivity index (χ1v) is 2.17. The normalized spacial score (nSPS) is 13.4. The van der Waals surface area contributed by atoms with Crippen molar-refractivity contribution in [3.8, 4) is 0 Å². The summed E-state index contributed by atoms with van der Waals surface area (Å²) in [5.41, 5.74) is 11.8. The van der Waals surface area contributed by atoms with Crippen molar-refractivity contribution in [1.29, 1.82) is 5.41 Å². The topological polar surface area (TPSA) is 73.7 Å². The molecule has 0 saturated carbocycles. The van der Waals surface area contributed by atoms with E-state index in [1.54, 1.807) is 6.92 Å². The molecule has 0 aromatic carbocycles. The maximum absolute atomic E-state index is 6.89. The zero-order valence-electron chi connectivity index (χ0n) is 4.36. The van der Waals surface area contributed by atoms with Gasteiger partial charge in [-0.15, -0.1) is 0 Å². The second-order valence-corrected chi connectivity index (χ2v) is 1.63. The summed E-state index contributed by atoms with van der Waals surface area (Å²) >= 11 is 0. The van der Waals surface area contributed by atoms with Gasteiger partial charge < -0.3 is 5.73 Å². The molecule has 4 N–H and O–H groups in total. The maximum Gasteiger partial charge on any atom is 0.0921 e. The quantitative estimate of drug-likeness (QED) is 0.371. The van der Waals surface area contributed by atoms with Crippen molar-refractivity contribution in [2.24, 2.45) is 5.73 Å². The third-order valence-corrected chi connectivity index (χ3v) is 0.526. The Hall–Kier alpha value is -0.570. The molecule has 0 aliphatic heterocycles. The van der Waals surface area contributed by atoms with Crippen molar-refractivity contribution < 1.29 is 0 Å². The minimum absolute atomic E-state index is 0.0995. The Bertz CT molecular complexity index is 67.3. The highest BCUT2D eigenvalue weighted by Crippen LogP contribution is 1.83. The molecule has 7 heavy (non-hydrogen) atoms. The molecule has 1 unspecified atom stereocenters. The lowest BCUT2D eigenvalue weighted by molar-refractivity contribution is 0.747. The van der Waals surface area contributed by atoms with Gasteiger partial charge in [-0.1, -0.05) is 0 Å². The van der Waals surface area contributed by atoms with Gasteiger partial charge in [0.15, 0.2) is 0 Å². The SMILES string of the molecule is CC([NH])CC(=N)N. The summed E-state index contributed by atoms with van der Waals surface area (Å²) in [6.45, 7) is 1.71. The standard InChI is InChI=1S/C4H10N3/c1-3(5)2-4(6)7/h3,5H,2H2,1H3,(H3,6,7). The predicted octanol–water partition coefficient (Wildman–Crippen LogP) is -0.0161. The Kier molecular flexibility index (Phi) is 2.37. The van der Waals surface area contributed by atoms with Gasteiger partial charge in [-0.2, -0.15) is 0 Å². The lowest BCUT2D eigenvalue weighted by Gasteiger charge is -1.97. The average Bonchev–Trinajstić information content (AvgIpc) is 1.27. The van der Waals surface area contributed by atoms with E-state index in [2.05, 4.69) is 0 Å². The van der Waals surface area contributed by atoms with Gasteiger partial charge in [0.05, 0.1) is 5.84 Å². The average molecular weight is 100 g/mol. The highest BCUT2D eigenvalue weighted by atomic mass is 14.7. The van der Waals surface area contributed by atoms with Crippen molar-refractivity contribution in [3.05, 3.63) is 0 Å². The molecule has 0 aromatic rings. The fraction of sp³-hybridized carbons (Fsp3) is 0.750. The van der Waals surface area contributed by atoms with Gasteiger partial charge in [0.1, 0.15) is 0 Å². The minimum Gasteiger partial charge on any atom is -0.388 e. The van der Waals surface area contributed by atoms with Gasteiger partial charge in [0.25, 0.3) is 0 Å². The van der Waals surface area contributed by atoms with Crippen molar-refractivity contribution in [1.82, 2.24) is 5.73 Å². The van der Waals surface area contributed by atoms with E-state index in [4.69, 9.17) is 16.9 Å². The van der Waals surface area contributed by atoms with Gasteiger partial charge >= 0.3 is 0 Å². The molecular weight excluding hydrogens is 90.1 g/mol. The zero-order valence-corrected chi connectivity index (χ0v) is 4.36. The molecule has 3 heteroatoms. The van der Waals surface area contributed by atoms with E-state index in [0.29, 0.717) is 6.42 Å². The Morgan fingerprint density at radius 3 is 2.29 bits per heavy atom. The summed E-state index contributed by atoms with van der Waals surface area (Å²) in [4.78, 5) is 0. The molecule has 0 heterocycles. The summed E-state index contributed by atoms with van der Waals surface area (Å²) in [7, 11) is 0. The van der Waals surface area contributed by atoms with Crippen molar-refractivity contribution in [2.45, 2.75) is 19.4 Å². The molecule has 1 atom stereocenters. The lowest BCUT2D eigenvalue weighted by atomic mass is 10.2. The molecule has 0 aromatic heterocycles. The first-order chi connectivity index (χ1) is 3.13. The molecule has 0 fully saturated rings. The smallest absolute Gasteiger partial charge is 0.0921 e. The minimum atomic E-state index is -0.225. The highest BCUT2D eigenvalue weighted by molar-refractivity contribution is 5.77.